The second-order valence-electron chi connectivity index (χ2n) is 9.09. The van der Waals surface area contributed by atoms with E-state index in [1.807, 2.05) is 19.2 Å². The molecule has 9 nitrogen and oxygen atoms in total. The highest BCUT2D eigenvalue weighted by Crippen LogP contribution is 2.41. The Balaban J connectivity index is 1.69. The fourth-order valence-electron chi connectivity index (χ4n) is 4.90. The predicted octanol–water partition coefficient (Wildman–Crippen LogP) is 3.85. The number of nitrogens with one attached hydrogen (secondary N) is 1. The number of hydrogen-bond donors (Lipinski definition) is 1. The summed E-state index contributed by atoms with van der Waals surface area (Å²) in [6, 6.07) is 3.97. The molecule has 0 spiro atoms. The van der Waals surface area contributed by atoms with Crippen LogP contribution in [0, 0.1) is 0 Å². The van der Waals surface area contributed by atoms with Crippen LogP contribution in [0.15, 0.2) is 18.3 Å². The zero-order chi connectivity index (χ0) is 24.8. The predicted molar refractivity (Wildman–Crippen MR) is 134 cm³/mol. The van der Waals surface area contributed by atoms with Crippen molar-refractivity contribution in [3.63, 3.8) is 0 Å². The molecule has 2 aromatic rings. The Labute approximate surface area is 207 Å². The summed E-state index contributed by atoms with van der Waals surface area (Å²) >= 11 is 0. The Morgan fingerprint density at radius 3 is 2.37 bits per heavy atom. The molecule has 1 saturated carbocycles. The summed E-state index contributed by atoms with van der Waals surface area (Å²) in [4.78, 5) is 24.8. The molecule has 2 aliphatic rings. The molecule has 4 rings (SSSR count). The van der Waals surface area contributed by atoms with E-state index in [0.29, 0.717) is 52.6 Å². The van der Waals surface area contributed by atoms with Gasteiger partial charge in [0.15, 0.2) is 17.3 Å². The third kappa shape index (κ3) is 5.61. The number of carbonyl (C=O) groups is 1. The van der Waals surface area contributed by atoms with Gasteiger partial charge in [-0.15, -0.1) is 0 Å². The molecule has 2 heterocycles. The number of hydrogen-bond acceptors (Lipinski definition) is 8. The molecule has 1 N–H and O–H groups in total. The zero-order valence-corrected chi connectivity index (χ0v) is 21.1. The Morgan fingerprint density at radius 1 is 1.06 bits per heavy atom. The van der Waals surface area contributed by atoms with Crippen LogP contribution in [0.5, 0.6) is 17.2 Å². The van der Waals surface area contributed by atoms with Gasteiger partial charge < -0.3 is 29.2 Å². The second kappa shape index (κ2) is 11.6. The Hall–Kier alpha value is -3.07. The first-order valence-electron chi connectivity index (χ1n) is 12.4. The molecule has 190 valence electrons. The van der Waals surface area contributed by atoms with Crippen LogP contribution in [-0.2, 0) is 4.74 Å². The van der Waals surface area contributed by atoms with E-state index in [-0.39, 0.29) is 12.0 Å². The van der Waals surface area contributed by atoms with Crippen molar-refractivity contribution in [2.45, 2.75) is 57.1 Å². The largest absolute Gasteiger partial charge is 0.493 e. The molecule has 35 heavy (non-hydrogen) atoms. The number of benzene rings is 1. The molecule has 1 aliphatic carbocycles. The average molecular weight is 485 g/mol. The first-order chi connectivity index (χ1) is 17.0. The summed E-state index contributed by atoms with van der Waals surface area (Å²) in [6.45, 7) is 1.24. The highest BCUT2D eigenvalue weighted by Gasteiger charge is 2.26. The second-order valence-corrected chi connectivity index (χ2v) is 9.09. The van der Waals surface area contributed by atoms with Crippen molar-refractivity contribution in [3.05, 3.63) is 23.9 Å². The van der Waals surface area contributed by atoms with Crippen molar-refractivity contribution in [3.8, 4) is 28.6 Å². The van der Waals surface area contributed by atoms with Crippen LogP contribution in [0.2, 0.25) is 0 Å². The van der Waals surface area contributed by atoms with Gasteiger partial charge in [0.2, 0.25) is 5.75 Å². The first-order valence-corrected chi connectivity index (χ1v) is 12.4. The quantitative estimate of drug-likeness (QED) is 0.574. The number of carbonyl (C=O) groups excluding carboxylic acids is 1. The van der Waals surface area contributed by atoms with Gasteiger partial charge >= 0.3 is 0 Å². The lowest BCUT2D eigenvalue weighted by Gasteiger charge is -2.33. The summed E-state index contributed by atoms with van der Waals surface area (Å²) in [6.07, 6.45) is 9.45. The van der Waals surface area contributed by atoms with Gasteiger partial charge in [0.05, 0.1) is 27.4 Å². The molecule has 0 bridgehead atoms. The Morgan fingerprint density at radius 2 is 1.77 bits per heavy atom. The van der Waals surface area contributed by atoms with E-state index in [1.165, 1.54) is 19.3 Å². The van der Waals surface area contributed by atoms with Gasteiger partial charge in [-0.05, 0) is 37.8 Å². The standard InChI is InChI=1S/C26H36N4O5/c1-30(18-9-6-5-7-10-18)25-20(26(31)28-15-19-11-8-12-35-19)16-27-24(29-25)17-13-21(32-2)23(34-4)22(14-17)33-3/h13-14,16,18-19H,5-12,15H2,1-4H3,(H,28,31). The maximum atomic E-state index is 13.2. The molecule has 2 fully saturated rings. The molecule has 9 heteroatoms. The van der Waals surface area contributed by atoms with Gasteiger partial charge in [0.25, 0.3) is 5.91 Å². The van der Waals surface area contributed by atoms with E-state index < -0.39 is 0 Å². The molecule has 1 amide bonds. The fraction of sp³-hybridized carbons (Fsp3) is 0.577. The van der Waals surface area contributed by atoms with E-state index in [9.17, 15) is 4.79 Å². The van der Waals surface area contributed by atoms with E-state index in [2.05, 4.69) is 15.2 Å². The normalized spacial score (nSPS) is 18.2. The van der Waals surface area contributed by atoms with Crippen LogP contribution in [0.1, 0.15) is 55.3 Å². The topological polar surface area (TPSA) is 95.0 Å². The van der Waals surface area contributed by atoms with Crippen LogP contribution in [0.3, 0.4) is 0 Å². The lowest BCUT2D eigenvalue weighted by molar-refractivity contribution is 0.0857. The number of nitrogens with zero attached hydrogens (tertiary/aromatic N) is 3. The maximum absolute atomic E-state index is 13.2. The molecule has 1 atom stereocenters. The van der Waals surface area contributed by atoms with Crippen LogP contribution >= 0.6 is 0 Å². The third-order valence-corrected chi connectivity index (χ3v) is 6.91. The number of ether oxygens (including phenoxy) is 4. The van der Waals surface area contributed by atoms with E-state index in [4.69, 9.17) is 23.9 Å². The van der Waals surface area contributed by atoms with Gasteiger partial charge in [0, 0.05) is 38.0 Å². The monoisotopic (exact) mass is 484 g/mol. The van der Waals surface area contributed by atoms with Crippen molar-refractivity contribution < 1.29 is 23.7 Å². The molecule has 1 aromatic carbocycles. The first kappa shape index (κ1) is 25.0. The molecular formula is C26H36N4O5. The van der Waals surface area contributed by atoms with Crippen molar-refractivity contribution >= 4 is 11.7 Å². The van der Waals surface area contributed by atoms with Gasteiger partial charge in [-0.25, -0.2) is 9.97 Å². The number of rotatable bonds is 9. The average Bonchev–Trinajstić information content (AvgIpc) is 3.44. The number of aromatic nitrogens is 2. The van der Waals surface area contributed by atoms with Crippen LogP contribution in [0.4, 0.5) is 5.82 Å². The number of amides is 1. The summed E-state index contributed by atoms with van der Waals surface area (Å²) in [5.74, 6) is 2.47. The van der Waals surface area contributed by atoms with Crippen LogP contribution < -0.4 is 24.4 Å². The SMILES string of the molecule is COc1cc(-c2ncc(C(=O)NCC3CCCO3)c(N(C)C3CCCCC3)n2)cc(OC)c1OC. The lowest BCUT2D eigenvalue weighted by Crippen LogP contribution is -2.37. The smallest absolute Gasteiger partial charge is 0.256 e. The summed E-state index contributed by atoms with van der Waals surface area (Å²) in [5.41, 5.74) is 1.18. The molecule has 1 aliphatic heterocycles. The zero-order valence-electron chi connectivity index (χ0n) is 21.1. The van der Waals surface area contributed by atoms with Gasteiger partial charge in [-0.3, -0.25) is 4.79 Å². The van der Waals surface area contributed by atoms with E-state index in [0.717, 1.165) is 32.3 Å². The molecule has 1 unspecified atom stereocenters. The van der Waals surface area contributed by atoms with Crippen molar-refractivity contribution in [1.29, 1.82) is 0 Å². The molecular weight excluding hydrogens is 448 g/mol. The third-order valence-electron chi connectivity index (χ3n) is 6.91. The van der Waals surface area contributed by atoms with Crippen molar-refractivity contribution in [2.75, 3.05) is 46.4 Å². The van der Waals surface area contributed by atoms with E-state index >= 15 is 0 Å². The molecule has 0 radical (unpaired) electrons. The Bertz CT molecular complexity index is 994. The van der Waals surface area contributed by atoms with Gasteiger partial charge in [-0.2, -0.15) is 0 Å². The van der Waals surface area contributed by atoms with Gasteiger partial charge in [-0.1, -0.05) is 19.3 Å². The minimum atomic E-state index is -0.186. The van der Waals surface area contributed by atoms with Crippen molar-refractivity contribution in [1.82, 2.24) is 15.3 Å². The fourth-order valence-corrected chi connectivity index (χ4v) is 4.90. The minimum absolute atomic E-state index is 0.0675. The summed E-state index contributed by atoms with van der Waals surface area (Å²) < 4.78 is 22.1. The van der Waals surface area contributed by atoms with E-state index in [1.54, 1.807) is 27.5 Å². The highest BCUT2D eigenvalue weighted by molar-refractivity contribution is 5.99. The number of methoxy groups -OCH3 is 3. The van der Waals surface area contributed by atoms with Gasteiger partial charge in [0.1, 0.15) is 11.4 Å². The maximum Gasteiger partial charge on any atom is 0.256 e. The highest BCUT2D eigenvalue weighted by atomic mass is 16.5. The molecule has 1 aromatic heterocycles. The van der Waals surface area contributed by atoms with Crippen LogP contribution in [-0.4, -0.2) is 69.5 Å². The van der Waals surface area contributed by atoms with Crippen LogP contribution in [0.25, 0.3) is 11.4 Å². The Kier molecular flexibility index (Phi) is 8.28. The summed E-state index contributed by atoms with van der Waals surface area (Å²) in [7, 11) is 6.74. The molecule has 1 saturated heterocycles. The number of anilines is 1. The minimum Gasteiger partial charge on any atom is -0.493 e. The lowest BCUT2D eigenvalue weighted by atomic mass is 9.94. The van der Waals surface area contributed by atoms with Crippen molar-refractivity contribution in [2.24, 2.45) is 0 Å². The summed E-state index contributed by atoms with van der Waals surface area (Å²) in [5, 5.41) is 3.02.